The number of carbonyl (C=O) groups is 1. The first-order valence-electron chi connectivity index (χ1n) is 6.16. The quantitative estimate of drug-likeness (QED) is 0.873. The number of amidine groups is 1. The van der Waals surface area contributed by atoms with Gasteiger partial charge in [0, 0.05) is 10.7 Å². The highest BCUT2D eigenvalue weighted by Crippen LogP contribution is 2.38. The number of nitrogens with zero attached hydrogens (tertiary/aromatic N) is 2. The third kappa shape index (κ3) is 2.26. The summed E-state index contributed by atoms with van der Waals surface area (Å²) in [6.07, 6.45) is 0.0845. The molecule has 0 aliphatic carbocycles. The molecule has 4 nitrogen and oxygen atoms in total. The van der Waals surface area contributed by atoms with E-state index in [-0.39, 0.29) is 12.3 Å². The van der Waals surface area contributed by atoms with E-state index in [2.05, 4.69) is 4.99 Å². The summed E-state index contributed by atoms with van der Waals surface area (Å²) < 4.78 is 0. The third-order valence-electron chi connectivity index (χ3n) is 3.04. The summed E-state index contributed by atoms with van der Waals surface area (Å²) in [6.45, 7) is 0. The fraction of sp³-hybridized carbons (Fsp3) is 0.0667. The van der Waals surface area contributed by atoms with Gasteiger partial charge in [0.15, 0.2) is 0 Å². The number of fused-ring (bicyclic) bond motifs is 1. The molecule has 5 heteroatoms. The Hall–Kier alpha value is -2.33. The summed E-state index contributed by atoms with van der Waals surface area (Å²) >= 11 is 6.05. The fourth-order valence-electron chi connectivity index (χ4n) is 2.19. The molecule has 1 heterocycles. The summed E-state index contributed by atoms with van der Waals surface area (Å²) in [7, 11) is 0. The number of nitrogens with two attached hydrogens (primary N) is 1. The van der Waals surface area contributed by atoms with Gasteiger partial charge in [-0.1, -0.05) is 29.8 Å². The summed E-state index contributed by atoms with van der Waals surface area (Å²) in [5.74, 6) is 0.176. The molecular formula is C15H12ClN3O. The van der Waals surface area contributed by atoms with Crippen LogP contribution in [0.4, 0.5) is 17.1 Å². The zero-order chi connectivity index (χ0) is 14.1. The van der Waals surface area contributed by atoms with Crippen LogP contribution in [0.3, 0.4) is 0 Å². The van der Waals surface area contributed by atoms with Crippen molar-refractivity contribution >= 4 is 40.4 Å². The fourth-order valence-corrected chi connectivity index (χ4v) is 2.36. The van der Waals surface area contributed by atoms with E-state index in [1.54, 1.807) is 23.1 Å². The highest BCUT2D eigenvalue weighted by atomic mass is 35.5. The van der Waals surface area contributed by atoms with Crippen LogP contribution in [-0.4, -0.2) is 11.7 Å². The van der Waals surface area contributed by atoms with Crippen molar-refractivity contribution in [1.29, 1.82) is 0 Å². The molecule has 0 saturated carbocycles. The molecule has 0 spiro atoms. The predicted molar refractivity (Wildman–Crippen MR) is 80.9 cm³/mol. The monoisotopic (exact) mass is 285 g/mol. The Balaban J connectivity index is 2.21. The molecule has 2 N–H and O–H groups in total. The predicted octanol–water partition coefficient (Wildman–Crippen LogP) is 3.40. The Morgan fingerprint density at radius 1 is 1.15 bits per heavy atom. The number of carbonyl (C=O) groups excluding carboxylic acids is 1. The molecule has 0 unspecified atom stereocenters. The second-order valence-electron chi connectivity index (χ2n) is 4.48. The molecule has 20 heavy (non-hydrogen) atoms. The van der Waals surface area contributed by atoms with Gasteiger partial charge in [-0.15, -0.1) is 0 Å². The van der Waals surface area contributed by atoms with Gasteiger partial charge in [0.1, 0.15) is 5.84 Å². The van der Waals surface area contributed by atoms with Gasteiger partial charge in [-0.05, 0) is 30.3 Å². The lowest BCUT2D eigenvalue weighted by atomic mass is 10.2. The van der Waals surface area contributed by atoms with Gasteiger partial charge in [0.25, 0.3) is 0 Å². The molecule has 100 valence electrons. The zero-order valence-corrected chi connectivity index (χ0v) is 11.3. The topological polar surface area (TPSA) is 58.7 Å². The number of anilines is 2. The van der Waals surface area contributed by atoms with E-state index in [0.717, 1.165) is 5.69 Å². The number of aliphatic imine (C=N–C) groups is 1. The van der Waals surface area contributed by atoms with E-state index < -0.39 is 0 Å². The maximum absolute atomic E-state index is 12.4. The van der Waals surface area contributed by atoms with E-state index >= 15 is 0 Å². The number of halogens is 1. The maximum Gasteiger partial charge on any atom is 0.239 e. The van der Waals surface area contributed by atoms with Crippen molar-refractivity contribution in [3.05, 3.63) is 53.6 Å². The first-order valence-corrected chi connectivity index (χ1v) is 6.53. The Labute approximate surface area is 121 Å². The molecule has 0 aromatic heterocycles. The molecule has 0 bridgehead atoms. The number of amides is 1. The smallest absolute Gasteiger partial charge is 0.239 e. The minimum atomic E-state index is -0.126. The summed E-state index contributed by atoms with van der Waals surface area (Å²) in [6, 6.07) is 14.6. The van der Waals surface area contributed by atoms with Crippen LogP contribution in [0.2, 0.25) is 5.02 Å². The molecule has 0 atom stereocenters. The van der Waals surface area contributed by atoms with E-state index in [1.807, 2.05) is 30.3 Å². The Kier molecular flexibility index (Phi) is 3.16. The van der Waals surface area contributed by atoms with Gasteiger partial charge in [0.05, 0.1) is 17.8 Å². The third-order valence-corrected chi connectivity index (χ3v) is 3.27. The Morgan fingerprint density at radius 2 is 1.90 bits per heavy atom. The van der Waals surface area contributed by atoms with Crippen molar-refractivity contribution < 1.29 is 4.79 Å². The van der Waals surface area contributed by atoms with Crippen LogP contribution in [0.15, 0.2) is 53.5 Å². The average molecular weight is 286 g/mol. The summed E-state index contributed by atoms with van der Waals surface area (Å²) in [4.78, 5) is 18.3. The van der Waals surface area contributed by atoms with E-state index in [1.165, 1.54) is 0 Å². The lowest BCUT2D eigenvalue weighted by Crippen LogP contribution is -2.28. The van der Waals surface area contributed by atoms with Crippen molar-refractivity contribution in [2.75, 3.05) is 4.90 Å². The minimum Gasteiger partial charge on any atom is -0.387 e. The van der Waals surface area contributed by atoms with Crippen molar-refractivity contribution in [1.82, 2.24) is 0 Å². The van der Waals surface area contributed by atoms with E-state index in [4.69, 9.17) is 17.3 Å². The van der Waals surface area contributed by atoms with E-state index in [0.29, 0.717) is 22.2 Å². The van der Waals surface area contributed by atoms with Gasteiger partial charge in [-0.25, -0.2) is 4.99 Å². The van der Waals surface area contributed by atoms with Crippen LogP contribution >= 0.6 is 11.6 Å². The molecule has 1 amide bonds. The van der Waals surface area contributed by atoms with Gasteiger partial charge in [-0.3, -0.25) is 9.69 Å². The standard InChI is InChI=1S/C15H12ClN3O/c16-10-6-7-12-13(8-10)19(11-4-2-1-3-5-11)15(20)9-14(17)18-12/h1-8H,9H2,(H2,17,18). The first kappa shape index (κ1) is 12.7. The lowest BCUT2D eigenvalue weighted by Gasteiger charge is -2.22. The van der Waals surface area contributed by atoms with Crippen LogP contribution in [-0.2, 0) is 4.79 Å². The zero-order valence-electron chi connectivity index (χ0n) is 10.6. The first-order chi connectivity index (χ1) is 9.65. The highest BCUT2D eigenvalue weighted by molar-refractivity contribution is 6.31. The molecule has 2 aromatic carbocycles. The van der Waals surface area contributed by atoms with Gasteiger partial charge >= 0.3 is 0 Å². The van der Waals surface area contributed by atoms with Gasteiger partial charge in [0.2, 0.25) is 5.91 Å². The lowest BCUT2D eigenvalue weighted by molar-refractivity contribution is -0.116. The van der Waals surface area contributed by atoms with Crippen LogP contribution in [0, 0.1) is 0 Å². The molecular weight excluding hydrogens is 274 g/mol. The second kappa shape index (κ2) is 4.98. The van der Waals surface area contributed by atoms with Crippen LogP contribution in [0.5, 0.6) is 0 Å². The Morgan fingerprint density at radius 3 is 2.65 bits per heavy atom. The normalized spacial score (nSPS) is 14.6. The molecule has 0 radical (unpaired) electrons. The largest absolute Gasteiger partial charge is 0.387 e. The summed E-state index contributed by atoms with van der Waals surface area (Å²) in [5, 5.41) is 0.549. The number of hydrogen-bond acceptors (Lipinski definition) is 3. The summed E-state index contributed by atoms with van der Waals surface area (Å²) in [5.41, 5.74) is 7.84. The molecule has 0 saturated heterocycles. The van der Waals surface area contributed by atoms with Crippen LogP contribution in [0.25, 0.3) is 0 Å². The molecule has 0 fully saturated rings. The van der Waals surface area contributed by atoms with Gasteiger partial charge in [-0.2, -0.15) is 0 Å². The number of hydrogen-bond donors (Lipinski definition) is 1. The van der Waals surface area contributed by atoms with Crippen molar-refractivity contribution in [2.45, 2.75) is 6.42 Å². The van der Waals surface area contributed by atoms with Crippen molar-refractivity contribution in [3.63, 3.8) is 0 Å². The molecule has 2 aromatic rings. The average Bonchev–Trinajstić information content (AvgIpc) is 2.54. The maximum atomic E-state index is 12.4. The Bertz CT molecular complexity index is 698. The van der Waals surface area contributed by atoms with Crippen molar-refractivity contribution in [3.8, 4) is 0 Å². The van der Waals surface area contributed by atoms with E-state index in [9.17, 15) is 4.79 Å². The molecule has 1 aliphatic rings. The number of rotatable bonds is 1. The minimum absolute atomic E-state index is 0.0845. The van der Waals surface area contributed by atoms with Crippen molar-refractivity contribution in [2.24, 2.45) is 10.7 Å². The SMILES string of the molecule is NC1=Nc2ccc(Cl)cc2N(c2ccccc2)C(=O)C1. The van der Waals surface area contributed by atoms with Crippen LogP contribution in [0.1, 0.15) is 6.42 Å². The number of benzene rings is 2. The van der Waals surface area contributed by atoms with Crippen LogP contribution < -0.4 is 10.6 Å². The highest BCUT2D eigenvalue weighted by Gasteiger charge is 2.24. The molecule has 1 aliphatic heterocycles. The number of para-hydroxylation sites is 1. The van der Waals surface area contributed by atoms with Gasteiger partial charge < -0.3 is 5.73 Å². The second-order valence-corrected chi connectivity index (χ2v) is 4.91. The molecule has 3 rings (SSSR count).